The molecule has 0 amide bonds. The van der Waals surface area contributed by atoms with Crippen LogP contribution in [0.2, 0.25) is 0 Å². The number of aliphatic hydroxyl groups is 1. The molecule has 0 atom stereocenters. The third-order valence-electron chi connectivity index (χ3n) is 3.23. The topological polar surface area (TPSA) is 29.5 Å². The Balaban J connectivity index is 1.91. The van der Waals surface area contributed by atoms with Gasteiger partial charge in [0.2, 0.25) is 0 Å². The summed E-state index contributed by atoms with van der Waals surface area (Å²) < 4.78 is 5.47. The standard InChI is InChI=1S/C14H20O2/c1-3-16-13-9-14(15,10-13)8-12-6-4-5-11(2)7-12/h4-7,13,15H,3,8-10H2,1-2H3. The molecule has 1 aliphatic rings. The highest BCUT2D eigenvalue weighted by atomic mass is 16.5. The third-order valence-corrected chi connectivity index (χ3v) is 3.23. The van der Waals surface area contributed by atoms with Crippen LogP contribution in [-0.2, 0) is 11.2 Å². The van der Waals surface area contributed by atoms with E-state index >= 15 is 0 Å². The predicted octanol–water partition coefficient (Wildman–Crippen LogP) is 2.47. The molecule has 2 nitrogen and oxygen atoms in total. The van der Waals surface area contributed by atoms with Gasteiger partial charge < -0.3 is 9.84 Å². The Morgan fingerprint density at radius 1 is 1.44 bits per heavy atom. The third kappa shape index (κ3) is 2.63. The van der Waals surface area contributed by atoms with Crippen LogP contribution in [0.4, 0.5) is 0 Å². The molecule has 0 unspecified atom stereocenters. The van der Waals surface area contributed by atoms with Crippen LogP contribution in [0.3, 0.4) is 0 Å². The molecule has 0 bridgehead atoms. The molecule has 1 N–H and O–H groups in total. The molecule has 88 valence electrons. The maximum Gasteiger partial charge on any atom is 0.0737 e. The van der Waals surface area contributed by atoms with Gasteiger partial charge in [0, 0.05) is 25.9 Å². The Kier molecular flexibility index (Phi) is 3.31. The van der Waals surface area contributed by atoms with Crippen LogP contribution in [0.5, 0.6) is 0 Å². The van der Waals surface area contributed by atoms with E-state index in [1.165, 1.54) is 11.1 Å². The lowest BCUT2D eigenvalue weighted by atomic mass is 9.73. The Morgan fingerprint density at radius 2 is 2.19 bits per heavy atom. The molecular formula is C14H20O2. The highest BCUT2D eigenvalue weighted by Crippen LogP contribution is 2.37. The monoisotopic (exact) mass is 220 g/mol. The fourth-order valence-electron chi connectivity index (χ4n) is 2.49. The van der Waals surface area contributed by atoms with Crippen molar-refractivity contribution in [1.82, 2.24) is 0 Å². The van der Waals surface area contributed by atoms with E-state index in [1.54, 1.807) is 0 Å². The molecule has 1 aliphatic carbocycles. The van der Waals surface area contributed by atoms with Gasteiger partial charge in [-0.25, -0.2) is 0 Å². The number of benzene rings is 1. The van der Waals surface area contributed by atoms with Gasteiger partial charge in [0.15, 0.2) is 0 Å². The second-order valence-corrected chi connectivity index (χ2v) is 4.88. The molecule has 0 saturated heterocycles. The first-order valence-electron chi connectivity index (χ1n) is 6.01. The molecule has 2 heteroatoms. The van der Waals surface area contributed by atoms with Crippen molar-refractivity contribution in [2.45, 2.75) is 44.8 Å². The normalized spacial score (nSPS) is 28.8. The zero-order valence-corrected chi connectivity index (χ0v) is 10.1. The van der Waals surface area contributed by atoms with Gasteiger partial charge in [-0.15, -0.1) is 0 Å². The van der Waals surface area contributed by atoms with E-state index in [0.29, 0.717) is 0 Å². The zero-order chi connectivity index (χ0) is 11.6. The minimum Gasteiger partial charge on any atom is -0.389 e. The van der Waals surface area contributed by atoms with Gasteiger partial charge in [-0.3, -0.25) is 0 Å². The first kappa shape index (κ1) is 11.6. The highest BCUT2D eigenvalue weighted by Gasteiger charge is 2.42. The lowest BCUT2D eigenvalue weighted by Crippen LogP contribution is -2.49. The fraction of sp³-hybridized carbons (Fsp3) is 0.571. The summed E-state index contributed by atoms with van der Waals surface area (Å²) in [7, 11) is 0. The van der Waals surface area contributed by atoms with Gasteiger partial charge >= 0.3 is 0 Å². The van der Waals surface area contributed by atoms with Gasteiger partial charge in [-0.1, -0.05) is 29.8 Å². The largest absolute Gasteiger partial charge is 0.389 e. The molecule has 0 heterocycles. The first-order chi connectivity index (χ1) is 7.61. The number of rotatable bonds is 4. The number of ether oxygens (including phenoxy) is 1. The molecule has 1 saturated carbocycles. The van der Waals surface area contributed by atoms with Crippen molar-refractivity contribution >= 4 is 0 Å². The van der Waals surface area contributed by atoms with Crippen LogP contribution in [0, 0.1) is 6.92 Å². The molecule has 0 aromatic heterocycles. The SMILES string of the molecule is CCOC1CC(O)(Cc2cccc(C)c2)C1. The molecule has 1 aromatic rings. The summed E-state index contributed by atoms with van der Waals surface area (Å²) in [5, 5.41) is 10.3. The number of aryl methyl sites for hydroxylation is 1. The van der Waals surface area contributed by atoms with Crippen LogP contribution in [0.25, 0.3) is 0 Å². The van der Waals surface area contributed by atoms with Crippen molar-refractivity contribution in [1.29, 1.82) is 0 Å². The summed E-state index contributed by atoms with van der Waals surface area (Å²) in [5.74, 6) is 0. The summed E-state index contributed by atoms with van der Waals surface area (Å²) in [6.45, 7) is 4.82. The summed E-state index contributed by atoms with van der Waals surface area (Å²) in [6.07, 6.45) is 2.56. The molecule has 2 rings (SSSR count). The predicted molar refractivity (Wildman–Crippen MR) is 64.5 cm³/mol. The average molecular weight is 220 g/mol. The lowest BCUT2D eigenvalue weighted by molar-refractivity contribution is -0.136. The Labute approximate surface area is 97.3 Å². The molecule has 1 aromatic carbocycles. The van der Waals surface area contributed by atoms with E-state index in [0.717, 1.165) is 25.9 Å². The van der Waals surface area contributed by atoms with Gasteiger partial charge in [0.05, 0.1) is 11.7 Å². The smallest absolute Gasteiger partial charge is 0.0737 e. The van der Waals surface area contributed by atoms with Crippen LogP contribution in [0.15, 0.2) is 24.3 Å². The van der Waals surface area contributed by atoms with Crippen LogP contribution < -0.4 is 0 Å². The quantitative estimate of drug-likeness (QED) is 0.844. The van der Waals surface area contributed by atoms with E-state index in [9.17, 15) is 5.11 Å². The van der Waals surface area contributed by atoms with Crippen molar-refractivity contribution in [3.63, 3.8) is 0 Å². The molecule has 1 fully saturated rings. The van der Waals surface area contributed by atoms with Gasteiger partial charge in [0.1, 0.15) is 0 Å². The van der Waals surface area contributed by atoms with Crippen molar-refractivity contribution < 1.29 is 9.84 Å². The van der Waals surface area contributed by atoms with Crippen LogP contribution in [0.1, 0.15) is 30.9 Å². The molecule has 0 radical (unpaired) electrons. The summed E-state index contributed by atoms with van der Waals surface area (Å²) in [5.41, 5.74) is 1.94. The van der Waals surface area contributed by atoms with Crippen LogP contribution in [-0.4, -0.2) is 23.4 Å². The van der Waals surface area contributed by atoms with Gasteiger partial charge in [-0.2, -0.15) is 0 Å². The minimum absolute atomic E-state index is 0.264. The lowest BCUT2D eigenvalue weighted by Gasteiger charge is -2.43. The molecular weight excluding hydrogens is 200 g/mol. The minimum atomic E-state index is -0.534. The van der Waals surface area contributed by atoms with E-state index in [-0.39, 0.29) is 6.10 Å². The first-order valence-corrected chi connectivity index (χ1v) is 6.01. The fourth-order valence-corrected chi connectivity index (χ4v) is 2.49. The second kappa shape index (κ2) is 4.56. The van der Waals surface area contributed by atoms with Crippen molar-refractivity contribution in [2.75, 3.05) is 6.61 Å². The van der Waals surface area contributed by atoms with Crippen molar-refractivity contribution in [3.8, 4) is 0 Å². The Hall–Kier alpha value is -0.860. The molecule has 0 aliphatic heterocycles. The number of hydrogen-bond acceptors (Lipinski definition) is 2. The summed E-state index contributed by atoms with van der Waals surface area (Å²) >= 11 is 0. The molecule has 0 spiro atoms. The van der Waals surface area contributed by atoms with Gasteiger partial charge in [0.25, 0.3) is 0 Å². The van der Waals surface area contributed by atoms with E-state index < -0.39 is 5.60 Å². The van der Waals surface area contributed by atoms with Crippen LogP contribution >= 0.6 is 0 Å². The number of hydrogen-bond donors (Lipinski definition) is 1. The van der Waals surface area contributed by atoms with E-state index in [2.05, 4.69) is 25.1 Å². The Morgan fingerprint density at radius 3 is 2.81 bits per heavy atom. The summed E-state index contributed by atoms with van der Waals surface area (Å²) in [4.78, 5) is 0. The highest BCUT2D eigenvalue weighted by molar-refractivity contribution is 5.24. The average Bonchev–Trinajstić information content (AvgIpc) is 2.15. The van der Waals surface area contributed by atoms with E-state index in [4.69, 9.17) is 4.74 Å². The zero-order valence-electron chi connectivity index (χ0n) is 10.1. The summed E-state index contributed by atoms with van der Waals surface area (Å²) in [6, 6.07) is 8.36. The van der Waals surface area contributed by atoms with Gasteiger partial charge in [-0.05, 0) is 19.4 Å². The maximum absolute atomic E-state index is 10.3. The Bertz CT molecular complexity index is 354. The molecule has 16 heavy (non-hydrogen) atoms. The maximum atomic E-state index is 10.3. The second-order valence-electron chi connectivity index (χ2n) is 4.88. The van der Waals surface area contributed by atoms with Crippen molar-refractivity contribution in [3.05, 3.63) is 35.4 Å². The van der Waals surface area contributed by atoms with Crippen molar-refractivity contribution in [2.24, 2.45) is 0 Å². The van der Waals surface area contributed by atoms with E-state index in [1.807, 2.05) is 13.0 Å².